The van der Waals surface area contributed by atoms with Gasteiger partial charge in [-0.3, -0.25) is 9.59 Å². The fourth-order valence-electron chi connectivity index (χ4n) is 3.61. The Morgan fingerprint density at radius 3 is 2.68 bits per heavy atom. The van der Waals surface area contributed by atoms with Gasteiger partial charge in [-0.25, -0.2) is 4.98 Å². The summed E-state index contributed by atoms with van der Waals surface area (Å²) in [7, 11) is 1.79. The first-order chi connectivity index (χ1) is 13.5. The Labute approximate surface area is 168 Å². The lowest BCUT2D eigenvalue weighted by Crippen LogP contribution is -2.34. The number of aryl methyl sites for hydroxylation is 1. The van der Waals surface area contributed by atoms with Gasteiger partial charge in [0, 0.05) is 25.7 Å². The van der Waals surface area contributed by atoms with Gasteiger partial charge in [0.1, 0.15) is 5.01 Å². The predicted octanol–water partition coefficient (Wildman–Crippen LogP) is 3.87. The fraction of sp³-hybridized carbons (Fsp3) is 0.318. The molecule has 0 aliphatic carbocycles. The SMILES string of the molecule is CCc1ccc(N2C[C@H](C(=O)N(C)Cc3nc4ccccc4s3)CC2=O)cc1. The lowest BCUT2D eigenvalue weighted by atomic mass is 10.1. The Morgan fingerprint density at radius 2 is 1.96 bits per heavy atom. The number of carbonyl (C=O) groups is 2. The highest BCUT2D eigenvalue weighted by Crippen LogP contribution is 2.28. The Kier molecular flexibility index (Phi) is 5.13. The van der Waals surface area contributed by atoms with Gasteiger partial charge < -0.3 is 9.80 Å². The number of aromatic nitrogens is 1. The molecule has 0 saturated carbocycles. The number of amides is 2. The van der Waals surface area contributed by atoms with Crippen molar-refractivity contribution in [1.29, 1.82) is 0 Å². The van der Waals surface area contributed by atoms with E-state index in [1.165, 1.54) is 5.56 Å². The summed E-state index contributed by atoms with van der Waals surface area (Å²) in [5.41, 5.74) is 3.06. The van der Waals surface area contributed by atoms with E-state index in [0.717, 1.165) is 27.3 Å². The van der Waals surface area contributed by atoms with Crippen molar-refractivity contribution in [2.24, 2.45) is 5.92 Å². The van der Waals surface area contributed by atoms with Crippen LogP contribution in [0.5, 0.6) is 0 Å². The maximum absolute atomic E-state index is 12.9. The Bertz CT molecular complexity index is 979. The van der Waals surface area contributed by atoms with Crippen LogP contribution in [0.2, 0.25) is 0 Å². The number of rotatable bonds is 5. The molecule has 4 rings (SSSR count). The molecule has 2 heterocycles. The van der Waals surface area contributed by atoms with E-state index in [9.17, 15) is 9.59 Å². The molecule has 2 amide bonds. The topological polar surface area (TPSA) is 53.5 Å². The Hall–Kier alpha value is -2.73. The zero-order valence-corrected chi connectivity index (χ0v) is 16.9. The van der Waals surface area contributed by atoms with Crippen LogP contribution < -0.4 is 4.90 Å². The van der Waals surface area contributed by atoms with Gasteiger partial charge in [0.25, 0.3) is 0 Å². The van der Waals surface area contributed by atoms with Gasteiger partial charge in [0.2, 0.25) is 11.8 Å². The molecular weight excluding hydrogens is 370 g/mol. The molecule has 0 spiro atoms. The van der Waals surface area contributed by atoms with Gasteiger partial charge in [-0.05, 0) is 36.2 Å². The summed E-state index contributed by atoms with van der Waals surface area (Å²) < 4.78 is 1.12. The molecule has 3 aromatic rings. The molecule has 1 aliphatic heterocycles. The van der Waals surface area contributed by atoms with Crippen LogP contribution in [0.25, 0.3) is 10.2 Å². The fourth-order valence-corrected chi connectivity index (χ4v) is 4.64. The van der Waals surface area contributed by atoms with Crippen molar-refractivity contribution in [2.75, 3.05) is 18.5 Å². The second-order valence-electron chi connectivity index (χ2n) is 7.20. The molecule has 0 radical (unpaired) electrons. The van der Waals surface area contributed by atoms with E-state index < -0.39 is 0 Å². The third-order valence-electron chi connectivity index (χ3n) is 5.22. The van der Waals surface area contributed by atoms with Gasteiger partial charge >= 0.3 is 0 Å². The average Bonchev–Trinajstić information content (AvgIpc) is 3.30. The lowest BCUT2D eigenvalue weighted by Gasteiger charge is -2.21. The molecule has 0 N–H and O–H groups in total. The van der Waals surface area contributed by atoms with E-state index in [-0.39, 0.29) is 24.2 Å². The molecule has 28 heavy (non-hydrogen) atoms. The Balaban J connectivity index is 1.43. The highest BCUT2D eigenvalue weighted by molar-refractivity contribution is 7.18. The first-order valence-corrected chi connectivity index (χ1v) is 10.4. The number of nitrogens with zero attached hydrogens (tertiary/aromatic N) is 3. The molecular formula is C22H23N3O2S. The normalized spacial score (nSPS) is 16.7. The third-order valence-corrected chi connectivity index (χ3v) is 6.24. The van der Waals surface area contributed by atoms with Crippen LogP contribution in [0.3, 0.4) is 0 Å². The van der Waals surface area contributed by atoms with Gasteiger partial charge in [0.05, 0.1) is 22.7 Å². The van der Waals surface area contributed by atoms with Crippen LogP contribution in [0.1, 0.15) is 23.9 Å². The smallest absolute Gasteiger partial charge is 0.228 e. The molecule has 0 unspecified atom stereocenters. The van der Waals surface area contributed by atoms with E-state index in [1.54, 1.807) is 28.2 Å². The van der Waals surface area contributed by atoms with E-state index in [4.69, 9.17) is 0 Å². The highest BCUT2D eigenvalue weighted by Gasteiger charge is 2.36. The molecule has 1 atom stereocenters. The highest BCUT2D eigenvalue weighted by atomic mass is 32.1. The quantitative estimate of drug-likeness (QED) is 0.661. The monoisotopic (exact) mass is 393 g/mol. The number of benzene rings is 2. The first kappa shape index (κ1) is 18.6. The van der Waals surface area contributed by atoms with Crippen molar-refractivity contribution in [3.63, 3.8) is 0 Å². The maximum Gasteiger partial charge on any atom is 0.228 e. The Morgan fingerprint density at radius 1 is 1.21 bits per heavy atom. The number of para-hydroxylation sites is 1. The van der Waals surface area contributed by atoms with Gasteiger partial charge in [0.15, 0.2) is 0 Å². The molecule has 1 fully saturated rings. The molecule has 2 aromatic carbocycles. The number of hydrogen-bond donors (Lipinski definition) is 0. The van der Waals surface area contributed by atoms with Crippen molar-refractivity contribution in [3.8, 4) is 0 Å². The van der Waals surface area contributed by atoms with E-state index in [0.29, 0.717) is 13.1 Å². The van der Waals surface area contributed by atoms with Crippen LogP contribution in [0.15, 0.2) is 48.5 Å². The van der Waals surface area contributed by atoms with Crippen LogP contribution in [-0.4, -0.2) is 35.3 Å². The standard InChI is InChI=1S/C22H23N3O2S/c1-3-15-8-10-17(11-9-15)25-13-16(12-21(25)26)22(27)24(2)14-20-23-18-6-4-5-7-19(18)28-20/h4-11,16H,3,12-14H2,1-2H3/t16-/m1/s1. The number of carbonyl (C=O) groups excluding carboxylic acids is 2. The van der Waals surface area contributed by atoms with Gasteiger partial charge in [-0.15, -0.1) is 11.3 Å². The molecule has 0 bridgehead atoms. The maximum atomic E-state index is 12.9. The van der Waals surface area contributed by atoms with Gasteiger partial charge in [-0.2, -0.15) is 0 Å². The zero-order chi connectivity index (χ0) is 19.7. The minimum atomic E-state index is -0.308. The average molecular weight is 394 g/mol. The van der Waals surface area contributed by atoms with Crippen molar-refractivity contribution < 1.29 is 9.59 Å². The summed E-state index contributed by atoms with van der Waals surface area (Å²) in [5, 5.41) is 0.911. The van der Waals surface area contributed by atoms with Crippen LogP contribution >= 0.6 is 11.3 Å². The summed E-state index contributed by atoms with van der Waals surface area (Å²) in [5.74, 6) is -0.297. The summed E-state index contributed by atoms with van der Waals surface area (Å²) in [6.07, 6.45) is 1.23. The number of anilines is 1. The largest absolute Gasteiger partial charge is 0.339 e. The van der Waals surface area contributed by atoms with Crippen molar-refractivity contribution in [1.82, 2.24) is 9.88 Å². The van der Waals surface area contributed by atoms with E-state index in [2.05, 4.69) is 11.9 Å². The van der Waals surface area contributed by atoms with Crippen LogP contribution in [-0.2, 0) is 22.6 Å². The molecule has 1 aromatic heterocycles. The zero-order valence-electron chi connectivity index (χ0n) is 16.1. The van der Waals surface area contributed by atoms with E-state index in [1.807, 2.05) is 48.5 Å². The summed E-state index contributed by atoms with van der Waals surface area (Å²) >= 11 is 1.60. The van der Waals surface area contributed by atoms with Crippen LogP contribution in [0, 0.1) is 5.92 Å². The van der Waals surface area contributed by atoms with Crippen LogP contribution in [0.4, 0.5) is 5.69 Å². The van der Waals surface area contributed by atoms with Crippen molar-refractivity contribution >= 4 is 39.1 Å². The molecule has 144 valence electrons. The van der Waals surface area contributed by atoms with Gasteiger partial charge in [-0.1, -0.05) is 31.2 Å². The number of fused-ring (bicyclic) bond motifs is 1. The third kappa shape index (κ3) is 3.64. The van der Waals surface area contributed by atoms with Crippen molar-refractivity contribution in [2.45, 2.75) is 26.3 Å². The minimum Gasteiger partial charge on any atom is -0.339 e. The number of thiazole rings is 1. The molecule has 5 nitrogen and oxygen atoms in total. The number of hydrogen-bond acceptors (Lipinski definition) is 4. The minimum absolute atomic E-state index is 0.000263. The molecule has 1 aliphatic rings. The first-order valence-electron chi connectivity index (χ1n) is 9.54. The van der Waals surface area contributed by atoms with E-state index >= 15 is 0 Å². The second kappa shape index (κ2) is 7.72. The lowest BCUT2D eigenvalue weighted by molar-refractivity contribution is -0.135. The van der Waals surface area contributed by atoms with Crippen molar-refractivity contribution in [3.05, 3.63) is 59.1 Å². The summed E-state index contributed by atoms with van der Waals surface area (Å²) in [6, 6.07) is 16.0. The summed E-state index contributed by atoms with van der Waals surface area (Å²) in [6.45, 7) is 3.01. The molecule has 1 saturated heterocycles. The second-order valence-corrected chi connectivity index (χ2v) is 8.31. The molecule has 6 heteroatoms. The predicted molar refractivity (Wildman–Crippen MR) is 112 cm³/mol. The summed E-state index contributed by atoms with van der Waals surface area (Å²) in [4.78, 5) is 33.4.